The average molecular weight is 300 g/mol. The van der Waals surface area contributed by atoms with Gasteiger partial charge in [0, 0.05) is 23.1 Å². The van der Waals surface area contributed by atoms with E-state index in [1.807, 2.05) is 12.1 Å². The molecule has 1 aliphatic rings. The van der Waals surface area contributed by atoms with Crippen molar-refractivity contribution in [1.82, 2.24) is 4.90 Å². The van der Waals surface area contributed by atoms with E-state index in [4.69, 9.17) is 0 Å². The second-order valence-electron chi connectivity index (χ2n) is 5.08. The fourth-order valence-electron chi connectivity index (χ4n) is 2.64. The van der Waals surface area contributed by atoms with E-state index in [0.29, 0.717) is 6.54 Å². The topological polar surface area (TPSA) is 3.24 Å². The number of nitrogens with zero attached hydrogens (tertiary/aromatic N) is 1. The molecule has 3 heteroatoms. The maximum Gasteiger partial charge on any atom is 0.128 e. The van der Waals surface area contributed by atoms with E-state index in [1.54, 1.807) is 6.07 Å². The van der Waals surface area contributed by atoms with Gasteiger partial charge in [0.05, 0.1) is 0 Å². The molecule has 1 aromatic rings. The van der Waals surface area contributed by atoms with Gasteiger partial charge in [-0.1, -0.05) is 34.8 Å². The maximum absolute atomic E-state index is 13.7. The van der Waals surface area contributed by atoms with E-state index < -0.39 is 0 Å². The summed E-state index contributed by atoms with van der Waals surface area (Å²) in [6.07, 6.45) is 5.41. The van der Waals surface area contributed by atoms with Crippen LogP contribution in [-0.4, -0.2) is 18.5 Å². The molecule has 0 heterocycles. The number of halogens is 2. The number of rotatable bonds is 4. The molecule has 1 saturated carbocycles. The molecule has 17 heavy (non-hydrogen) atoms. The molecule has 1 aliphatic carbocycles. The third-order valence-electron chi connectivity index (χ3n) is 3.50. The number of hydrogen-bond donors (Lipinski definition) is 0. The van der Waals surface area contributed by atoms with E-state index in [-0.39, 0.29) is 5.82 Å². The van der Waals surface area contributed by atoms with Crippen LogP contribution in [-0.2, 0) is 6.54 Å². The van der Waals surface area contributed by atoms with Crippen molar-refractivity contribution in [2.45, 2.75) is 32.2 Å². The summed E-state index contributed by atoms with van der Waals surface area (Å²) in [5.41, 5.74) is 0.786. The Hall–Kier alpha value is -0.410. The Bertz CT molecular complexity index is 374. The van der Waals surface area contributed by atoms with Gasteiger partial charge in [0.15, 0.2) is 0 Å². The van der Waals surface area contributed by atoms with Crippen molar-refractivity contribution in [2.75, 3.05) is 13.6 Å². The summed E-state index contributed by atoms with van der Waals surface area (Å²) in [5.74, 6) is 0.705. The van der Waals surface area contributed by atoms with Gasteiger partial charge in [-0.2, -0.15) is 0 Å². The summed E-state index contributed by atoms with van der Waals surface area (Å²) in [4.78, 5) is 2.24. The first-order valence-corrected chi connectivity index (χ1v) is 7.07. The van der Waals surface area contributed by atoms with Gasteiger partial charge in [-0.15, -0.1) is 0 Å². The molecule has 0 aromatic heterocycles. The predicted molar refractivity (Wildman–Crippen MR) is 72.4 cm³/mol. The fraction of sp³-hybridized carbons (Fsp3) is 0.571. The standard InChI is InChI=1S/C14H19BrFN/c1-17(9-11-4-2-3-5-11)10-12-6-7-13(15)8-14(12)16/h6-8,11H,2-5,9-10H2,1H3. The lowest BCUT2D eigenvalue weighted by atomic mass is 10.1. The van der Waals surface area contributed by atoms with Gasteiger partial charge in [0.1, 0.15) is 5.82 Å². The molecule has 0 aliphatic heterocycles. The molecule has 1 aromatic carbocycles. The van der Waals surface area contributed by atoms with Gasteiger partial charge in [-0.3, -0.25) is 0 Å². The quantitative estimate of drug-likeness (QED) is 0.805. The Balaban J connectivity index is 1.90. The highest BCUT2D eigenvalue weighted by atomic mass is 79.9. The van der Waals surface area contributed by atoms with Crippen LogP contribution < -0.4 is 0 Å². The maximum atomic E-state index is 13.7. The van der Waals surface area contributed by atoms with E-state index in [0.717, 1.165) is 22.5 Å². The molecule has 0 spiro atoms. The van der Waals surface area contributed by atoms with Crippen molar-refractivity contribution in [2.24, 2.45) is 5.92 Å². The van der Waals surface area contributed by atoms with E-state index in [1.165, 1.54) is 25.7 Å². The molecule has 0 unspecified atom stereocenters. The van der Waals surface area contributed by atoms with Gasteiger partial charge in [-0.25, -0.2) is 4.39 Å². The second kappa shape index (κ2) is 5.96. The molecule has 0 atom stereocenters. The van der Waals surface area contributed by atoms with Gasteiger partial charge in [-0.05, 0) is 37.9 Å². The molecule has 94 valence electrons. The lowest BCUT2D eigenvalue weighted by Crippen LogP contribution is -2.24. The smallest absolute Gasteiger partial charge is 0.128 e. The minimum atomic E-state index is -0.113. The molecule has 1 nitrogen and oxygen atoms in total. The van der Waals surface area contributed by atoms with Crippen molar-refractivity contribution >= 4 is 15.9 Å². The van der Waals surface area contributed by atoms with Crippen LogP contribution in [0.2, 0.25) is 0 Å². The highest BCUT2D eigenvalue weighted by Crippen LogP contribution is 2.25. The van der Waals surface area contributed by atoms with Crippen LogP contribution in [0.5, 0.6) is 0 Å². The van der Waals surface area contributed by atoms with Gasteiger partial charge in [0.25, 0.3) is 0 Å². The normalized spacial score (nSPS) is 16.9. The first-order valence-electron chi connectivity index (χ1n) is 6.27. The molecule has 2 rings (SSSR count). The number of benzene rings is 1. The van der Waals surface area contributed by atoms with E-state index in [2.05, 4.69) is 27.9 Å². The molecular weight excluding hydrogens is 281 g/mol. The summed E-state index contributed by atoms with van der Waals surface area (Å²) < 4.78 is 14.5. The molecule has 0 N–H and O–H groups in total. The van der Waals surface area contributed by atoms with Crippen molar-refractivity contribution in [3.05, 3.63) is 34.1 Å². The second-order valence-corrected chi connectivity index (χ2v) is 6.00. The van der Waals surface area contributed by atoms with Crippen LogP contribution in [0.3, 0.4) is 0 Å². The summed E-state index contributed by atoms with van der Waals surface area (Å²) >= 11 is 3.28. The Kier molecular flexibility index (Phi) is 4.57. The van der Waals surface area contributed by atoms with Crippen molar-refractivity contribution in [3.63, 3.8) is 0 Å². The molecule has 0 saturated heterocycles. The monoisotopic (exact) mass is 299 g/mol. The highest BCUT2D eigenvalue weighted by Gasteiger charge is 2.17. The van der Waals surface area contributed by atoms with Crippen LogP contribution >= 0.6 is 15.9 Å². The van der Waals surface area contributed by atoms with Crippen LogP contribution in [0.15, 0.2) is 22.7 Å². The Labute approximate surface area is 111 Å². The zero-order chi connectivity index (χ0) is 12.3. The molecule has 0 amide bonds. The minimum absolute atomic E-state index is 0.113. The Morgan fingerprint density at radius 1 is 1.35 bits per heavy atom. The van der Waals surface area contributed by atoms with Crippen LogP contribution in [0.1, 0.15) is 31.2 Å². The average Bonchev–Trinajstić information content (AvgIpc) is 2.75. The molecule has 0 radical (unpaired) electrons. The highest BCUT2D eigenvalue weighted by molar-refractivity contribution is 9.10. The van der Waals surface area contributed by atoms with Gasteiger partial charge >= 0.3 is 0 Å². The lowest BCUT2D eigenvalue weighted by molar-refractivity contribution is 0.268. The Morgan fingerprint density at radius 2 is 2.06 bits per heavy atom. The predicted octanol–water partition coefficient (Wildman–Crippen LogP) is 4.21. The summed E-state index contributed by atoms with van der Waals surface area (Å²) in [6, 6.07) is 5.31. The largest absolute Gasteiger partial charge is 0.302 e. The summed E-state index contributed by atoms with van der Waals surface area (Å²) in [7, 11) is 2.08. The SMILES string of the molecule is CN(Cc1ccc(Br)cc1F)CC1CCCC1. The number of hydrogen-bond acceptors (Lipinski definition) is 1. The molecule has 1 fully saturated rings. The van der Waals surface area contributed by atoms with Crippen molar-refractivity contribution in [1.29, 1.82) is 0 Å². The van der Waals surface area contributed by atoms with Gasteiger partial charge in [0.2, 0.25) is 0 Å². The summed E-state index contributed by atoms with van der Waals surface area (Å²) in [6.45, 7) is 1.80. The third kappa shape index (κ3) is 3.78. The first-order chi connectivity index (χ1) is 8.15. The zero-order valence-corrected chi connectivity index (χ0v) is 11.8. The Morgan fingerprint density at radius 3 is 2.71 bits per heavy atom. The first kappa shape index (κ1) is 13.0. The summed E-state index contributed by atoms with van der Waals surface area (Å²) in [5, 5.41) is 0. The third-order valence-corrected chi connectivity index (χ3v) is 3.99. The van der Waals surface area contributed by atoms with E-state index in [9.17, 15) is 4.39 Å². The van der Waals surface area contributed by atoms with Crippen molar-refractivity contribution < 1.29 is 4.39 Å². The lowest BCUT2D eigenvalue weighted by Gasteiger charge is -2.21. The van der Waals surface area contributed by atoms with E-state index >= 15 is 0 Å². The van der Waals surface area contributed by atoms with Crippen molar-refractivity contribution in [3.8, 4) is 0 Å². The zero-order valence-electron chi connectivity index (χ0n) is 10.3. The fourth-order valence-corrected chi connectivity index (χ4v) is 2.97. The van der Waals surface area contributed by atoms with Gasteiger partial charge < -0.3 is 4.90 Å². The molecule has 0 bridgehead atoms. The van der Waals surface area contributed by atoms with Crippen LogP contribution in [0.4, 0.5) is 4.39 Å². The minimum Gasteiger partial charge on any atom is -0.302 e. The van der Waals surface area contributed by atoms with Crippen LogP contribution in [0, 0.1) is 11.7 Å². The molecular formula is C14H19BrFN. The van der Waals surface area contributed by atoms with Crippen LogP contribution in [0.25, 0.3) is 0 Å².